The summed E-state index contributed by atoms with van der Waals surface area (Å²) in [4.78, 5) is 57.7. The number of unbranched alkanes of at least 4 members (excludes halogenated alkanes) is 1. The average Bonchev–Trinajstić information content (AvgIpc) is 3.57. The van der Waals surface area contributed by atoms with Crippen molar-refractivity contribution in [2.45, 2.75) is 81.6 Å². The number of ether oxygens (including phenoxy) is 2. The first-order valence-electron chi connectivity index (χ1n) is 15.3. The number of hydrogen-bond donors (Lipinski definition) is 2. The summed E-state index contributed by atoms with van der Waals surface area (Å²) in [6, 6.07) is 4.82. The molecule has 1 aromatic rings. The monoisotopic (exact) mass is 673 g/mol. The number of anilines is 1. The van der Waals surface area contributed by atoms with Gasteiger partial charge >= 0.3 is 5.97 Å². The standard InChI is InChI=1S/C33H44BrN3O7/c1-6-8-14-24(39)35-19-22(5)43-32(42)25-26-30(40)37(16-9-10-17-38)29(33(26)18-23(34)28(25)44-33)31(41)36(15-7-2)27-20(3)12-11-13-21(27)4/h6-7,11-13,22-23,25-26,28-29,38H,1-2,8-10,14-19H2,3-5H3,(H,35,39)/t22-,23?,25+,26-,28+,29+,33-/m0/s1. The van der Waals surface area contributed by atoms with E-state index in [0.29, 0.717) is 32.1 Å². The van der Waals surface area contributed by atoms with Crippen LogP contribution in [0.25, 0.3) is 0 Å². The molecule has 3 aliphatic heterocycles. The van der Waals surface area contributed by atoms with Crippen molar-refractivity contribution in [2.75, 3.05) is 31.1 Å². The number of esters is 1. The summed E-state index contributed by atoms with van der Waals surface area (Å²) in [6.45, 7) is 13.6. The smallest absolute Gasteiger partial charge is 0.312 e. The number of likely N-dealkylation sites (tertiary alicyclic amines) is 1. The van der Waals surface area contributed by atoms with Gasteiger partial charge in [-0.3, -0.25) is 19.2 Å². The number of aliphatic hydroxyl groups excluding tert-OH is 1. The second-order valence-corrected chi connectivity index (χ2v) is 13.2. The molecular weight excluding hydrogens is 630 g/mol. The molecule has 0 radical (unpaired) electrons. The van der Waals surface area contributed by atoms with Crippen LogP contribution < -0.4 is 10.2 Å². The maximum atomic E-state index is 14.7. The Morgan fingerprint density at radius 2 is 1.95 bits per heavy atom. The molecule has 10 nitrogen and oxygen atoms in total. The number of carbonyl (C=O) groups is 4. The minimum Gasteiger partial charge on any atom is -0.460 e. The lowest BCUT2D eigenvalue weighted by Gasteiger charge is -2.37. The molecule has 3 heterocycles. The van der Waals surface area contributed by atoms with E-state index in [9.17, 15) is 24.3 Å². The van der Waals surface area contributed by atoms with Crippen molar-refractivity contribution in [2.24, 2.45) is 11.8 Å². The normalized spacial score (nSPS) is 27.5. The van der Waals surface area contributed by atoms with Gasteiger partial charge in [0.05, 0.1) is 24.5 Å². The molecule has 0 aromatic heterocycles. The molecule has 1 unspecified atom stereocenters. The van der Waals surface area contributed by atoms with Gasteiger partial charge in [0.25, 0.3) is 5.91 Å². The van der Waals surface area contributed by atoms with Gasteiger partial charge < -0.3 is 29.7 Å². The molecule has 3 fully saturated rings. The number of fused-ring (bicyclic) bond motifs is 1. The summed E-state index contributed by atoms with van der Waals surface area (Å²) >= 11 is 3.69. The van der Waals surface area contributed by atoms with E-state index in [1.54, 1.807) is 28.9 Å². The fraction of sp³-hybridized carbons (Fsp3) is 0.576. The number of nitrogens with zero attached hydrogens (tertiary/aromatic N) is 2. The molecule has 0 aliphatic carbocycles. The molecule has 3 amide bonds. The predicted molar refractivity (Wildman–Crippen MR) is 170 cm³/mol. The van der Waals surface area contributed by atoms with Crippen LogP contribution in [0.3, 0.4) is 0 Å². The fourth-order valence-electron chi connectivity index (χ4n) is 7.01. The average molecular weight is 675 g/mol. The van der Waals surface area contributed by atoms with E-state index in [-0.39, 0.29) is 48.8 Å². The summed E-state index contributed by atoms with van der Waals surface area (Å²) in [5, 5.41) is 12.2. The van der Waals surface area contributed by atoms with Crippen molar-refractivity contribution in [3.8, 4) is 0 Å². The van der Waals surface area contributed by atoms with Crippen LogP contribution in [-0.4, -0.2) is 88.6 Å². The molecule has 3 aliphatic rings. The van der Waals surface area contributed by atoms with E-state index in [1.165, 1.54) is 0 Å². The minimum absolute atomic E-state index is 0.0424. The number of nitrogens with one attached hydrogen (secondary N) is 1. The lowest BCUT2D eigenvalue weighted by molar-refractivity contribution is -0.159. The van der Waals surface area contributed by atoms with E-state index in [2.05, 4.69) is 34.4 Å². The van der Waals surface area contributed by atoms with Gasteiger partial charge in [0.15, 0.2) is 0 Å². The zero-order valence-corrected chi connectivity index (χ0v) is 27.4. The number of amides is 3. The fourth-order valence-corrected chi connectivity index (χ4v) is 7.95. The van der Waals surface area contributed by atoms with Crippen LogP contribution >= 0.6 is 15.9 Å². The third-order valence-corrected chi connectivity index (χ3v) is 9.71. The van der Waals surface area contributed by atoms with Crippen molar-refractivity contribution < 1.29 is 33.8 Å². The summed E-state index contributed by atoms with van der Waals surface area (Å²) in [5.41, 5.74) is 1.33. The zero-order valence-electron chi connectivity index (χ0n) is 25.8. The number of allylic oxidation sites excluding steroid dienone is 1. The lowest BCUT2D eigenvalue weighted by atomic mass is 9.70. The Kier molecular flexibility index (Phi) is 11.1. The number of alkyl halides is 1. The maximum Gasteiger partial charge on any atom is 0.312 e. The molecule has 1 spiro atoms. The molecular formula is C33H44BrN3O7. The van der Waals surface area contributed by atoms with Crippen molar-refractivity contribution in [1.82, 2.24) is 10.2 Å². The molecule has 2 bridgehead atoms. The number of hydrogen-bond acceptors (Lipinski definition) is 7. The quantitative estimate of drug-likeness (QED) is 0.127. The first-order chi connectivity index (χ1) is 21.0. The van der Waals surface area contributed by atoms with Crippen LogP contribution in [0.15, 0.2) is 43.5 Å². The Hall–Kier alpha value is -3.02. The van der Waals surface area contributed by atoms with Gasteiger partial charge in [0, 0.05) is 36.6 Å². The largest absolute Gasteiger partial charge is 0.460 e. The van der Waals surface area contributed by atoms with Gasteiger partial charge in [-0.25, -0.2) is 0 Å². The van der Waals surface area contributed by atoms with Crippen LogP contribution in [0, 0.1) is 25.7 Å². The topological polar surface area (TPSA) is 125 Å². The van der Waals surface area contributed by atoms with Crippen LogP contribution in [0.5, 0.6) is 0 Å². The Morgan fingerprint density at radius 3 is 2.59 bits per heavy atom. The number of carbonyl (C=O) groups excluding carboxylic acids is 4. The summed E-state index contributed by atoms with van der Waals surface area (Å²) in [6.07, 6.45) is 4.17. The van der Waals surface area contributed by atoms with Gasteiger partial charge in [0.1, 0.15) is 17.7 Å². The van der Waals surface area contributed by atoms with E-state index in [0.717, 1.165) is 16.8 Å². The van der Waals surface area contributed by atoms with Gasteiger partial charge in [0.2, 0.25) is 11.8 Å². The predicted octanol–water partition coefficient (Wildman–Crippen LogP) is 3.36. The van der Waals surface area contributed by atoms with Crippen LogP contribution in [0.2, 0.25) is 0 Å². The van der Waals surface area contributed by atoms with E-state index >= 15 is 0 Å². The van der Waals surface area contributed by atoms with Crippen LogP contribution in [-0.2, 0) is 28.7 Å². The number of rotatable bonds is 15. The van der Waals surface area contributed by atoms with Crippen molar-refractivity contribution >= 4 is 45.3 Å². The molecule has 7 atom stereocenters. The number of benzene rings is 1. The number of halogens is 1. The Bertz CT molecular complexity index is 1270. The van der Waals surface area contributed by atoms with Crippen LogP contribution in [0.4, 0.5) is 5.69 Å². The number of aryl methyl sites for hydroxylation is 2. The summed E-state index contributed by atoms with van der Waals surface area (Å²) < 4.78 is 12.4. The van der Waals surface area contributed by atoms with E-state index < -0.39 is 41.7 Å². The van der Waals surface area contributed by atoms with E-state index in [4.69, 9.17) is 9.47 Å². The summed E-state index contributed by atoms with van der Waals surface area (Å²) in [5.74, 6) is -3.22. The first kappa shape index (κ1) is 33.9. The zero-order chi connectivity index (χ0) is 32.2. The highest BCUT2D eigenvalue weighted by Gasteiger charge is 2.77. The third-order valence-electron chi connectivity index (χ3n) is 8.87. The Balaban J connectivity index is 1.66. The highest BCUT2D eigenvalue weighted by atomic mass is 79.9. The van der Waals surface area contributed by atoms with Gasteiger partial charge in [-0.1, -0.05) is 46.3 Å². The molecule has 1 aromatic carbocycles. The number of aliphatic hydroxyl groups is 1. The Labute approximate surface area is 267 Å². The highest BCUT2D eigenvalue weighted by molar-refractivity contribution is 9.09. The molecule has 3 saturated heterocycles. The third kappa shape index (κ3) is 6.37. The molecule has 2 N–H and O–H groups in total. The van der Waals surface area contributed by atoms with E-state index in [1.807, 2.05) is 32.0 Å². The second-order valence-electron chi connectivity index (χ2n) is 12.0. The van der Waals surface area contributed by atoms with Gasteiger partial charge in [-0.2, -0.15) is 0 Å². The minimum atomic E-state index is -1.24. The lowest BCUT2D eigenvalue weighted by Crippen LogP contribution is -2.57. The van der Waals surface area contributed by atoms with Gasteiger partial charge in [-0.15, -0.1) is 13.2 Å². The molecule has 44 heavy (non-hydrogen) atoms. The molecule has 11 heteroatoms. The maximum absolute atomic E-state index is 14.7. The van der Waals surface area contributed by atoms with Crippen molar-refractivity contribution in [3.63, 3.8) is 0 Å². The van der Waals surface area contributed by atoms with Crippen molar-refractivity contribution in [3.05, 3.63) is 54.6 Å². The summed E-state index contributed by atoms with van der Waals surface area (Å²) in [7, 11) is 0. The number of para-hydroxylation sites is 1. The molecule has 0 saturated carbocycles. The Morgan fingerprint density at radius 1 is 1.25 bits per heavy atom. The second kappa shape index (κ2) is 14.4. The van der Waals surface area contributed by atoms with Crippen LogP contribution in [0.1, 0.15) is 50.2 Å². The van der Waals surface area contributed by atoms with Gasteiger partial charge in [-0.05, 0) is 57.6 Å². The SMILES string of the molecule is C=CCCC(=O)NC[C@H](C)OC(=O)[C@H]1[C@@H]2O[C@@]3(CC2Br)[C@@H]1C(=O)N(CCCCO)[C@@H]3C(=O)N(CC=C)c1c(C)cccc1C. The molecule has 4 rings (SSSR count). The first-order valence-corrected chi connectivity index (χ1v) is 16.2. The molecule has 240 valence electrons. The highest BCUT2D eigenvalue weighted by Crippen LogP contribution is 2.60. The van der Waals surface area contributed by atoms with Crippen molar-refractivity contribution in [1.29, 1.82) is 0 Å².